The zero-order valence-electron chi connectivity index (χ0n) is 17.7. The number of nitrogens with zero attached hydrogens (tertiary/aromatic N) is 2. The predicted molar refractivity (Wildman–Crippen MR) is 107 cm³/mol. The topological polar surface area (TPSA) is 97.5 Å². The van der Waals surface area contributed by atoms with Gasteiger partial charge in [-0.2, -0.15) is 4.98 Å². The van der Waals surface area contributed by atoms with Crippen molar-refractivity contribution in [2.24, 2.45) is 5.92 Å². The van der Waals surface area contributed by atoms with Crippen molar-refractivity contribution in [1.82, 2.24) is 15.5 Å². The third-order valence-electron chi connectivity index (χ3n) is 5.13. The van der Waals surface area contributed by atoms with Gasteiger partial charge in [-0.3, -0.25) is 4.79 Å². The second kappa shape index (κ2) is 11.5. The highest BCUT2D eigenvalue weighted by atomic mass is 16.6. The molecule has 0 aliphatic heterocycles. The van der Waals surface area contributed by atoms with Crippen LogP contribution in [0, 0.1) is 5.92 Å². The molecule has 1 aliphatic carbocycles. The number of carbonyl (C=O) groups excluding carboxylic acids is 1. The smallest absolute Gasteiger partial charge is 0.307 e. The predicted octanol–water partition coefficient (Wildman–Crippen LogP) is 3.72. The Hall–Kier alpha value is -1.47. The number of hydrogen-bond acceptors (Lipinski definition) is 7. The van der Waals surface area contributed by atoms with Gasteiger partial charge >= 0.3 is 5.97 Å². The molecular formula is C21H37N3O4. The van der Waals surface area contributed by atoms with E-state index >= 15 is 0 Å². The van der Waals surface area contributed by atoms with E-state index < -0.39 is 5.60 Å². The number of carbonyl (C=O) groups is 1. The molecule has 2 N–H and O–H groups in total. The first kappa shape index (κ1) is 22.8. The van der Waals surface area contributed by atoms with Crippen LogP contribution in [-0.2, 0) is 16.1 Å². The summed E-state index contributed by atoms with van der Waals surface area (Å²) < 4.78 is 11.0. The number of aliphatic hydroxyl groups is 1. The molecular weight excluding hydrogens is 358 g/mol. The van der Waals surface area contributed by atoms with Gasteiger partial charge in [0.2, 0.25) is 5.89 Å². The quantitative estimate of drug-likeness (QED) is 0.435. The Bertz CT molecular complexity index is 576. The average molecular weight is 396 g/mol. The van der Waals surface area contributed by atoms with E-state index in [4.69, 9.17) is 14.4 Å². The van der Waals surface area contributed by atoms with Crippen LogP contribution < -0.4 is 5.32 Å². The van der Waals surface area contributed by atoms with E-state index in [9.17, 15) is 4.79 Å². The first-order chi connectivity index (χ1) is 13.4. The zero-order valence-corrected chi connectivity index (χ0v) is 17.7. The molecule has 0 spiro atoms. The monoisotopic (exact) mass is 395 g/mol. The van der Waals surface area contributed by atoms with Crippen LogP contribution in [0.15, 0.2) is 4.52 Å². The fraction of sp³-hybridized carbons (Fsp3) is 0.857. The summed E-state index contributed by atoms with van der Waals surface area (Å²) in [4.78, 5) is 16.8. The lowest BCUT2D eigenvalue weighted by Crippen LogP contribution is -2.25. The molecule has 1 aromatic heterocycles. The van der Waals surface area contributed by atoms with Crippen molar-refractivity contribution < 1.29 is 19.2 Å². The highest BCUT2D eigenvalue weighted by Gasteiger charge is 2.26. The highest BCUT2D eigenvalue weighted by Crippen LogP contribution is 2.31. The summed E-state index contributed by atoms with van der Waals surface area (Å²) in [5.74, 6) is 1.53. The molecule has 0 radical (unpaired) electrons. The molecule has 7 nitrogen and oxygen atoms in total. The van der Waals surface area contributed by atoms with Crippen LogP contribution in [-0.4, -0.2) is 40.0 Å². The number of ether oxygens (including phenoxy) is 1. The van der Waals surface area contributed by atoms with Crippen LogP contribution in [0.5, 0.6) is 0 Å². The van der Waals surface area contributed by atoms with Gasteiger partial charge < -0.3 is 19.7 Å². The fourth-order valence-electron chi connectivity index (χ4n) is 3.81. The molecule has 0 amide bonds. The van der Waals surface area contributed by atoms with Crippen molar-refractivity contribution in [2.45, 2.75) is 96.6 Å². The lowest BCUT2D eigenvalue weighted by Gasteiger charge is -2.23. The average Bonchev–Trinajstić information content (AvgIpc) is 3.09. The summed E-state index contributed by atoms with van der Waals surface area (Å²) >= 11 is 0. The molecule has 0 saturated heterocycles. The summed E-state index contributed by atoms with van der Waals surface area (Å²) in [6.45, 7) is 6.60. The second-order valence-electron chi connectivity index (χ2n) is 8.87. The van der Waals surface area contributed by atoms with Crippen molar-refractivity contribution in [3.63, 3.8) is 0 Å². The number of aromatic nitrogens is 2. The summed E-state index contributed by atoms with van der Waals surface area (Å²) in [6, 6.07) is 0. The molecule has 1 saturated carbocycles. The standard InChI is InChI=1S/C21H37N3O4/c1-21(2,3)27-19(26)14-17(11-7-10-16-8-5-4-6-9-16)20-23-18(24-28-20)15-22-12-13-25/h16-17,22,25H,4-15H2,1-3H3/t17-/m1/s1. The fourth-order valence-corrected chi connectivity index (χ4v) is 3.81. The summed E-state index contributed by atoms with van der Waals surface area (Å²) in [5, 5.41) is 15.9. The van der Waals surface area contributed by atoms with E-state index in [1.807, 2.05) is 20.8 Å². The van der Waals surface area contributed by atoms with E-state index in [1.54, 1.807) is 0 Å². The summed E-state index contributed by atoms with van der Waals surface area (Å²) in [7, 11) is 0. The van der Waals surface area contributed by atoms with Crippen LogP contribution >= 0.6 is 0 Å². The van der Waals surface area contributed by atoms with Gasteiger partial charge in [0.15, 0.2) is 5.82 Å². The van der Waals surface area contributed by atoms with Crippen LogP contribution in [0.2, 0.25) is 0 Å². The molecule has 1 fully saturated rings. The molecule has 1 aromatic rings. The maximum Gasteiger partial charge on any atom is 0.307 e. The lowest BCUT2D eigenvalue weighted by atomic mass is 9.84. The minimum Gasteiger partial charge on any atom is -0.460 e. The third kappa shape index (κ3) is 8.69. The Morgan fingerprint density at radius 2 is 2.07 bits per heavy atom. The maximum absolute atomic E-state index is 12.4. The van der Waals surface area contributed by atoms with Gasteiger partial charge in [0.1, 0.15) is 5.60 Å². The number of esters is 1. The number of rotatable bonds is 11. The Balaban J connectivity index is 1.93. The highest BCUT2D eigenvalue weighted by molar-refractivity contribution is 5.70. The van der Waals surface area contributed by atoms with Crippen LogP contribution in [0.3, 0.4) is 0 Å². The molecule has 0 unspecified atom stereocenters. The van der Waals surface area contributed by atoms with Gasteiger partial charge in [0.25, 0.3) is 0 Å². The summed E-state index contributed by atoms with van der Waals surface area (Å²) in [5.41, 5.74) is -0.502. The number of hydrogen-bond donors (Lipinski definition) is 2. The molecule has 2 rings (SSSR count). The maximum atomic E-state index is 12.4. The third-order valence-corrected chi connectivity index (χ3v) is 5.13. The van der Waals surface area contributed by atoms with E-state index in [0.717, 1.165) is 18.8 Å². The molecule has 1 heterocycles. The van der Waals surface area contributed by atoms with E-state index in [0.29, 0.717) is 24.8 Å². The molecule has 160 valence electrons. The van der Waals surface area contributed by atoms with E-state index in [2.05, 4.69) is 15.5 Å². The Morgan fingerprint density at radius 3 is 2.75 bits per heavy atom. The lowest BCUT2D eigenvalue weighted by molar-refractivity contribution is -0.155. The normalized spacial score (nSPS) is 16.9. The number of aliphatic hydroxyl groups excluding tert-OH is 1. The molecule has 28 heavy (non-hydrogen) atoms. The van der Waals surface area contributed by atoms with Gasteiger partial charge in [0.05, 0.1) is 19.6 Å². The Kier molecular flexibility index (Phi) is 9.38. The molecule has 1 atom stereocenters. The SMILES string of the molecule is CC(C)(C)OC(=O)C[C@@H](CCCC1CCCCC1)c1nc(CNCCO)no1. The van der Waals surface area contributed by atoms with Crippen LogP contribution in [0.1, 0.15) is 96.2 Å². The first-order valence-electron chi connectivity index (χ1n) is 10.7. The van der Waals surface area contributed by atoms with Gasteiger partial charge in [-0.15, -0.1) is 0 Å². The van der Waals surface area contributed by atoms with Gasteiger partial charge in [-0.1, -0.05) is 50.1 Å². The van der Waals surface area contributed by atoms with Gasteiger partial charge in [0, 0.05) is 12.5 Å². The van der Waals surface area contributed by atoms with Crippen LogP contribution in [0.4, 0.5) is 0 Å². The largest absolute Gasteiger partial charge is 0.460 e. The molecule has 0 aromatic carbocycles. The van der Waals surface area contributed by atoms with Crippen molar-refractivity contribution in [2.75, 3.05) is 13.2 Å². The Morgan fingerprint density at radius 1 is 1.32 bits per heavy atom. The number of nitrogens with one attached hydrogen (secondary N) is 1. The van der Waals surface area contributed by atoms with Crippen LogP contribution in [0.25, 0.3) is 0 Å². The minimum absolute atomic E-state index is 0.0626. The second-order valence-corrected chi connectivity index (χ2v) is 8.87. The van der Waals surface area contributed by atoms with Gasteiger partial charge in [-0.05, 0) is 33.1 Å². The van der Waals surface area contributed by atoms with E-state index in [-0.39, 0.29) is 24.9 Å². The van der Waals surface area contributed by atoms with Crippen molar-refractivity contribution in [3.05, 3.63) is 11.7 Å². The van der Waals surface area contributed by atoms with Crippen molar-refractivity contribution >= 4 is 5.97 Å². The molecule has 7 heteroatoms. The minimum atomic E-state index is -0.502. The zero-order chi connectivity index (χ0) is 20.4. The van der Waals surface area contributed by atoms with Crippen molar-refractivity contribution in [1.29, 1.82) is 0 Å². The first-order valence-corrected chi connectivity index (χ1v) is 10.7. The van der Waals surface area contributed by atoms with Crippen molar-refractivity contribution in [3.8, 4) is 0 Å². The summed E-state index contributed by atoms with van der Waals surface area (Å²) in [6.07, 6.45) is 10.1. The van der Waals surface area contributed by atoms with Gasteiger partial charge in [-0.25, -0.2) is 0 Å². The van der Waals surface area contributed by atoms with E-state index in [1.165, 1.54) is 38.5 Å². The molecule has 0 bridgehead atoms. The molecule has 1 aliphatic rings. The Labute approximate surface area is 168 Å².